The van der Waals surface area contributed by atoms with Gasteiger partial charge in [-0.2, -0.15) is 0 Å². The molecule has 3 amide bonds. The molecule has 0 spiro atoms. The third-order valence-electron chi connectivity index (χ3n) is 5.11. The lowest BCUT2D eigenvalue weighted by Crippen LogP contribution is -2.48. The van der Waals surface area contributed by atoms with Gasteiger partial charge in [0.25, 0.3) is 0 Å². The normalized spacial score (nSPS) is 23.4. The molecule has 0 aliphatic carbocycles. The number of fused-ring (bicyclic) bond motifs is 1. The average molecular weight is 381 g/mol. The van der Waals surface area contributed by atoms with Crippen LogP contribution in [0, 0.1) is 5.92 Å². The van der Waals surface area contributed by atoms with Gasteiger partial charge in [0.15, 0.2) is 11.5 Å². The number of alkyl halides is 2. The van der Waals surface area contributed by atoms with Crippen molar-refractivity contribution in [2.75, 3.05) is 31.5 Å². The fourth-order valence-electron chi connectivity index (χ4n) is 3.74. The number of hydrogen-bond acceptors (Lipinski definition) is 4. The highest BCUT2D eigenvalue weighted by Crippen LogP contribution is 2.42. The van der Waals surface area contributed by atoms with Crippen LogP contribution < -0.4 is 14.8 Å². The molecule has 3 heterocycles. The van der Waals surface area contributed by atoms with E-state index < -0.39 is 6.29 Å². The number of carbonyl (C=O) groups excluding carboxylic acids is 2. The van der Waals surface area contributed by atoms with E-state index >= 15 is 0 Å². The number of ether oxygens (including phenoxy) is 2. The summed E-state index contributed by atoms with van der Waals surface area (Å²) in [6, 6.07) is 4.12. The molecule has 3 aliphatic rings. The lowest BCUT2D eigenvalue weighted by molar-refractivity contribution is -0.286. The molecule has 1 aromatic carbocycles. The standard InChI is InChI=1S/C18H21F2N3O4/c19-18(20)26-14-6-5-13(10-15(14)27-18)21-16(24)12-4-3-9-23(11-12)17(25)22-7-1-2-8-22/h5-6,10,12H,1-4,7-9,11H2,(H,21,24). The van der Waals surface area contributed by atoms with Crippen molar-refractivity contribution in [2.45, 2.75) is 32.0 Å². The number of piperidine rings is 1. The maximum Gasteiger partial charge on any atom is 0.586 e. The number of hydrogen-bond donors (Lipinski definition) is 1. The Labute approximate surface area is 155 Å². The molecule has 2 saturated heterocycles. The fraction of sp³-hybridized carbons (Fsp3) is 0.556. The number of nitrogens with zero attached hydrogens (tertiary/aromatic N) is 2. The highest BCUT2D eigenvalue weighted by molar-refractivity contribution is 5.93. The monoisotopic (exact) mass is 381 g/mol. The van der Waals surface area contributed by atoms with Crippen molar-refractivity contribution >= 4 is 17.6 Å². The highest BCUT2D eigenvalue weighted by atomic mass is 19.3. The Bertz CT molecular complexity index is 752. The van der Waals surface area contributed by atoms with Crippen LogP contribution in [0.3, 0.4) is 0 Å². The Morgan fingerprint density at radius 1 is 1.04 bits per heavy atom. The molecule has 3 aliphatic heterocycles. The van der Waals surface area contributed by atoms with Gasteiger partial charge in [-0.1, -0.05) is 0 Å². The number of amides is 3. The quantitative estimate of drug-likeness (QED) is 0.855. The van der Waals surface area contributed by atoms with Gasteiger partial charge in [0.1, 0.15) is 0 Å². The summed E-state index contributed by atoms with van der Waals surface area (Å²) in [6.45, 7) is 2.56. The molecule has 4 rings (SSSR count). The van der Waals surface area contributed by atoms with E-state index in [1.165, 1.54) is 18.2 Å². The van der Waals surface area contributed by atoms with E-state index in [0.29, 0.717) is 25.2 Å². The molecule has 0 bridgehead atoms. The molecule has 1 unspecified atom stereocenters. The number of benzene rings is 1. The smallest absolute Gasteiger partial charge is 0.395 e. The Morgan fingerprint density at radius 3 is 2.52 bits per heavy atom. The summed E-state index contributed by atoms with van der Waals surface area (Å²) in [5.41, 5.74) is 0.350. The van der Waals surface area contributed by atoms with Gasteiger partial charge in [-0.3, -0.25) is 4.79 Å². The molecule has 146 valence electrons. The molecule has 9 heteroatoms. The van der Waals surface area contributed by atoms with E-state index in [-0.39, 0.29) is 29.4 Å². The zero-order valence-corrected chi connectivity index (χ0v) is 14.7. The summed E-state index contributed by atoms with van der Waals surface area (Å²) < 4.78 is 34.9. The van der Waals surface area contributed by atoms with Crippen molar-refractivity contribution in [2.24, 2.45) is 5.92 Å². The molecule has 0 saturated carbocycles. The van der Waals surface area contributed by atoms with E-state index in [2.05, 4.69) is 14.8 Å². The van der Waals surface area contributed by atoms with E-state index in [9.17, 15) is 18.4 Å². The largest absolute Gasteiger partial charge is 0.586 e. The minimum atomic E-state index is -3.69. The van der Waals surface area contributed by atoms with Gasteiger partial charge in [-0.15, -0.1) is 8.78 Å². The summed E-state index contributed by atoms with van der Waals surface area (Å²) >= 11 is 0. The Balaban J connectivity index is 1.38. The van der Waals surface area contributed by atoms with Gasteiger partial charge in [0, 0.05) is 37.9 Å². The van der Waals surface area contributed by atoms with Crippen LogP contribution in [0.15, 0.2) is 18.2 Å². The van der Waals surface area contributed by atoms with Crippen LogP contribution in [0.4, 0.5) is 19.3 Å². The van der Waals surface area contributed by atoms with Gasteiger partial charge in [-0.05, 0) is 37.8 Å². The number of anilines is 1. The van der Waals surface area contributed by atoms with Crippen LogP contribution in [0.1, 0.15) is 25.7 Å². The molecule has 2 fully saturated rings. The molecule has 7 nitrogen and oxygen atoms in total. The lowest BCUT2D eigenvalue weighted by atomic mass is 9.97. The summed E-state index contributed by atoms with van der Waals surface area (Å²) in [4.78, 5) is 28.7. The first kappa shape index (κ1) is 17.8. The number of urea groups is 1. The molecular weight excluding hydrogens is 360 g/mol. The SMILES string of the molecule is O=C(Nc1ccc2c(c1)OC(F)(F)O2)C1CCCN(C(=O)N2CCCC2)C1. The van der Waals surface area contributed by atoms with Gasteiger partial charge in [-0.25, -0.2) is 4.79 Å². The molecule has 27 heavy (non-hydrogen) atoms. The second-order valence-electron chi connectivity index (χ2n) is 7.08. The lowest BCUT2D eigenvalue weighted by Gasteiger charge is -2.34. The van der Waals surface area contributed by atoms with Gasteiger partial charge >= 0.3 is 12.3 Å². The molecular formula is C18H21F2N3O4. The topological polar surface area (TPSA) is 71.1 Å². The predicted molar refractivity (Wildman–Crippen MR) is 91.8 cm³/mol. The molecule has 0 aromatic heterocycles. The van der Waals surface area contributed by atoms with Crippen LogP contribution >= 0.6 is 0 Å². The van der Waals surface area contributed by atoms with Crippen LogP contribution in [-0.4, -0.2) is 54.2 Å². The minimum Gasteiger partial charge on any atom is -0.395 e. The minimum absolute atomic E-state index is 0.00434. The van der Waals surface area contributed by atoms with E-state index in [4.69, 9.17) is 0 Å². The zero-order valence-electron chi connectivity index (χ0n) is 14.7. The Kier molecular flexibility index (Phi) is 4.53. The first-order chi connectivity index (χ1) is 12.9. The van der Waals surface area contributed by atoms with Crippen LogP contribution in [-0.2, 0) is 4.79 Å². The Hall–Kier alpha value is -2.58. The van der Waals surface area contributed by atoms with E-state index in [0.717, 1.165) is 32.4 Å². The molecule has 0 radical (unpaired) electrons. The van der Waals surface area contributed by atoms with Crippen molar-refractivity contribution in [3.63, 3.8) is 0 Å². The first-order valence-corrected chi connectivity index (χ1v) is 9.16. The van der Waals surface area contributed by atoms with Gasteiger partial charge < -0.3 is 24.6 Å². The molecule has 1 atom stereocenters. The van der Waals surface area contributed by atoms with E-state index in [1.54, 1.807) is 4.90 Å². The van der Waals surface area contributed by atoms with Crippen LogP contribution in [0.5, 0.6) is 11.5 Å². The second kappa shape index (κ2) is 6.86. The second-order valence-corrected chi connectivity index (χ2v) is 7.08. The molecule has 1 aromatic rings. The maximum atomic E-state index is 13.1. The summed E-state index contributed by atoms with van der Waals surface area (Å²) in [5, 5.41) is 2.73. The summed E-state index contributed by atoms with van der Waals surface area (Å²) in [7, 11) is 0. The van der Waals surface area contributed by atoms with Crippen LogP contribution in [0.25, 0.3) is 0 Å². The zero-order chi connectivity index (χ0) is 19.0. The maximum absolute atomic E-state index is 13.1. The predicted octanol–water partition coefficient (Wildman–Crippen LogP) is 2.87. The van der Waals surface area contributed by atoms with Crippen molar-refractivity contribution in [3.8, 4) is 11.5 Å². The van der Waals surface area contributed by atoms with Crippen LogP contribution in [0.2, 0.25) is 0 Å². The van der Waals surface area contributed by atoms with Crippen molar-refractivity contribution < 1.29 is 27.8 Å². The third kappa shape index (κ3) is 3.77. The molecule has 1 N–H and O–H groups in total. The number of nitrogens with one attached hydrogen (secondary N) is 1. The van der Waals surface area contributed by atoms with Crippen molar-refractivity contribution in [1.82, 2.24) is 9.80 Å². The fourth-order valence-corrected chi connectivity index (χ4v) is 3.74. The number of carbonyl (C=O) groups is 2. The van der Waals surface area contributed by atoms with Crippen molar-refractivity contribution in [3.05, 3.63) is 18.2 Å². The van der Waals surface area contributed by atoms with Crippen molar-refractivity contribution in [1.29, 1.82) is 0 Å². The average Bonchev–Trinajstić information content (AvgIpc) is 3.27. The number of halogens is 2. The summed E-state index contributed by atoms with van der Waals surface area (Å²) in [6.07, 6.45) is -0.215. The van der Waals surface area contributed by atoms with Gasteiger partial charge in [0.2, 0.25) is 5.91 Å². The van der Waals surface area contributed by atoms with E-state index in [1.807, 2.05) is 4.90 Å². The first-order valence-electron chi connectivity index (χ1n) is 9.16. The number of rotatable bonds is 2. The Morgan fingerprint density at radius 2 is 1.74 bits per heavy atom. The van der Waals surface area contributed by atoms with Gasteiger partial charge in [0.05, 0.1) is 5.92 Å². The third-order valence-corrected chi connectivity index (χ3v) is 5.11. The highest BCUT2D eigenvalue weighted by Gasteiger charge is 2.43. The number of likely N-dealkylation sites (tertiary alicyclic amines) is 2. The summed E-state index contributed by atoms with van der Waals surface area (Å²) in [5.74, 6) is -0.762.